The number of hydrogen-bond acceptors (Lipinski definition) is 8. The smallest absolute Gasteiger partial charge is 0.434 e. The summed E-state index contributed by atoms with van der Waals surface area (Å²) in [5.74, 6) is -4.16. The summed E-state index contributed by atoms with van der Waals surface area (Å²) in [7, 11) is 2.92. The van der Waals surface area contributed by atoms with Gasteiger partial charge in [0.05, 0.1) is 25.5 Å². The topological polar surface area (TPSA) is 102 Å². The van der Waals surface area contributed by atoms with Gasteiger partial charge in [-0.2, -0.15) is 22.0 Å². The Morgan fingerprint density at radius 1 is 1.02 bits per heavy atom. The van der Waals surface area contributed by atoms with E-state index in [9.17, 15) is 18.0 Å². The number of aromatic nitrogens is 6. The van der Waals surface area contributed by atoms with Crippen LogP contribution in [0, 0.1) is 0 Å². The second kappa shape index (κ2) is 10.4. The van der Waals surface area contributed by atoms with E-state index in [1.807, 2.05) is 0 Å². The third kappa shape index (κ3) is 5.33. The lowest BCUT2D eigenvalue weighted by Crippen LogP contribution is -2.48. The average molecular weight is 627 g/mol. The Labute approximate surface area is 253 Å². The van der Waals surface area contributed by atoms with Crippen LogP contribution in [-0.4, -0.2) is 61.0 Å². The van der Waals surface area contributed by atoms with Gasteiger partial charge in [-0.1, -0.05) is 24.3 Å². The first-order chi connectivity index (χ1) is 21.4. The summed E-state index contributed by atoms with van der Waals surface area (Å²) in [5, 5.41) is 0. The number of amides is 1. The maximum atomic E-state index is 15.5. The van der Waals surface area contributed by atoms with E-state index < -0.39 is 30.2 Å². The number of carbonyl (C=O) groups excluding carboxylic acids is 1. The summed E-state index contributed by atoms with van der Waals surface area (Å²) < 4.78 is 77.5. The minimum Gasteiger partial charge on any atom is -0.480 e. The van der Waals surface area contributed by atoms with Gasteiger partial charge in [0.25, 0.3) is 5.91 Å². The van der Waals surface area contributed by atoms with Crippen molar-refractivity contribution in [1.82, 2.24) is 29.5 Å². The number of halogens is 5. The Morgan fingerprint density at radius 3 is 2.38 bits per heavy atom. The van der Waals surface area contributed by atoms with Crippen molar-refractivity contribution in [3.63, 3.8) is 0 Å². The Bertz CT molecular complexity index is 1780. The molecule has 45 heavy (non-hydrogen) atoms. The van der Waals surface area contributed by atoms with Gasteiger partial charge < -0.3 is 14.2 Å². The SMILES string of the molecule is COc1ncnc(C2CC2)c1-c1ncc2c(n1)N(Cc1ccc(-c3nc(C(F)(F)F)cn3C)cc1)CC(F)(F)C(=O)N2C1CC1. The molecule has 0 radical (unpaired) electrons. The van der Waals surface area contributed by atoms with Crippen molar-refractivity contribution < 1.29 is 31.5 Å². The van der Waals surface area contributed by atoms with Crippen molar-refractivity contribution in [2.24, 2.45) is 7.05 Å². The third-order valence-electron chi connectivity index (χ3n) is 8.12. The molecule has 3 aliphatic rings. The second-order valence-electron chi connectivity index (χ2n) is 11.5. The number of nitrogens with zero attached hydrogens (tertiary/aromatic N) is 8. The number of benzene rings is 1. The molecule has 2 aliphatic carbocycles. The maximum Gasteiger partial charge on any atom is 0.434 e. The van der Waals surface area contributed by atoms with E-state index in [1.165, 1.54) is 36.1 Å². The van der Waals surface area contributed by atoms with Crippen molar-refractivity contribution >= 4 is 17.4 Å². The normalized spacial score (nSPS) is 18.2. The number of hydrogen-bond donors (Lipinski definition) is 0. The Kier molecular flexibility index (Phi) is 6.74. The van der Waals surface area contributed by atoms with Crippen molar-refractivity contribution in [3.05, 3.63) is 59.9 Å². The monoisotopic (exact) mass is 626 g/mol. The van der Waals surface area contributed by atoms with Gasteiger partial charge in [-0.05, 0) is 31.2 Å². The number of aryl methyl sites for hydroxylation is 1. The minimum absolute atomic E-state index is 0.0720. The Hall–Kier alpha value is -4.69. The summed E-state index contributed by atoms with van der Waals surface area (Å²) >= 11 is 0. The first-order valence-corrected chi connectivity index (χ1v) is 14.4. The molecule has 7 rings (SSSR count). The van der Waals surface area contributed by atoms with E-state index in [2.05, 4.69) is 19.9 Å². The van der Waals surface area contributed by atoms with Crippen LogP contribution in [0.25, 0.3) is 22.8 Å². The summed E-state index contributed by atoms with van der Waals surface area (Å²) in [6, 6.07) is 6.03. The van der Waals surface area contributed by atoms with Crippen LogP contribution in [0.5, 0.6) is 5.88 Å². The van der Waals surface area contributed by atoms with Crippen LogP contribution in [0.4, 0.5) is 33.5 Å². The predicted octanol–water partition coefficient (Wildman–Crippen LogP) is 5.39. The van der Waals surface area contributed by atoms with Crippen molar-refractivity contribution in [1.29, 1.82) is 0 Å². The first kappa shape index (κ1) is 29.0. The molecule has 0 N–H and O–H groups in total. The highest BCUT2D eigenvalue weighted by molar-refractivity contribution is 6.03. The predicted molar refractivity (Wildman–Crippen MR) is 152 cm³/mol. The standard InChI is InChI=1S/C30H27F5N8O2/c1-41-13-21(30(33,34)35)39-25(41)18-5-3-16(4-6-18)12-42-14-29(31,32)28(44)43(19-9-10-19)20-11-36-24(40-26(20)42)22-23(17-7-8-17)37-15-38-27(22)45-2/h3-6,11,13,15,17,19H,7-10,12,14H2,1-2H3. The van der Waals surface area contributed by atoms with Gasteiger partial charge in [-0.25, -0.2) is 24.9 Å². The van der Waals surface area contributed by atoms with Crippen LogP contribution in [0.3, 0.4) is 0 Å². The number of fused-ring (bicyclic) bond motifs is 1. The average Bonchev–Trinajstić information content (AvgIpc) is 3.94. The molecule has 2 saturated carbocycles. The van der Waals surface area contributed by atoms with E-state index in [4.69, 9.17) is 9.72 Å². The molecule has 4 heterocycles. The molecule has 3 aromatic heterocycles. The number of carbonyl (C=O) groups is 1. The lowest BCUT2D eigenvalue weighted by Gasteiger charge is -2.26. The van der Waals surface area contributed by atoms with E-state index in [1.54, 1.807) is 24.3 Å². The van der Waals surface area contributed by atoms with Crippen LogP contribution < -0.4 is 14.5 Å². The molecule has 234 valence electrons. The number of ether oxygens (including phenoxy) is 1. The Balaban J connectivity index is 1.29. The highest BCUT2D eigenvalue weighted by Crippen LogP contribution is 2.47. The highest BCUT2D eigenvalue weighted by Gasteiger charge is 2.52. The number of alkyl halides is 5. The molecule has 4 aromatic rings. The molecular formula is C30H27F5N8O2. The molecule has 0 bridgehead atoms. The highest BCUT2D eigenvalue weighted by atomic mass is 19.4. The second-order valence-corrected chi connectivity index (χ2v) is 11.5. The quantitative estimate of drug-likeness (QED) is 0.252. The molecule has 1 aliphatic heterocycles. The van der Waals surface area contributed by atoms with E-state index >= 15 is 8.78 Å². The van der Waals surface area contributed by atoms with Crippen LogP contribution in [-0.2, 0) is 24.6 Å². The lowest BCUT2D eigenvalue weighted by molar-refractivity contribution is -0.141. The molecule has 0 unspecified atom stereocenters. The molecule has 1 aromatic carbocycles. The molecule has 0 saturated heterocycles. The molecular weight excluding hydrogens is 599 g/mol. The zero-order valence-electron chi connectivity index (χ0n) is 24.2. The van der Waals surface area contributed by atoms with Gasteiger partial charge in [0.15, 0.2) is 17.3 Å². The minimum atomic E-state index is -4.59. The van der Waals surface area contributed by atoms with E-state index in [-0.39, 0.29) is 47.5 Å². The van der Waals surface area contributed by atoms with Crippen LogP contribution in [0.1, 0.15) is 48.6 Å². The largest absolute Gasteiger partial charge is 0.480 e. The van der Waals surface area contributed by atoms with Gasteiger partial charge >= 0.3 is 12.1 Å². The number of imidazole rings is 1. The van der Waals surface area contributed by atoms with Crippen LogP contribution in [0.2, 0.25) is 0 Å². The maximum absolute atomic E-state index is 15.5. The molecule has 2 fully saturated rings. The van der Waals surface area contributed by atoms with Gasteiger partial charge in [0, 0.05) is 37.3 Å². The summed E-state index contributed by atoms with van der Waals surface area (Å²) in [6.45, 7) is -1.01. The molecule has 10 nitrogen and oxygen atoms in total. The molecule has 0 spiro atoms. The van der Waals surface area contributed by atoms with Crippen molar-refractivity contribution in [3.8, 4) is 28.7 Å². The van der Waals surface area contributed by atoms with E-state index in [0.29, 0.717) is 35.2 Å². The first-order valence-electron chi connectivity index (χ1n) is 14.4. The number of methoxy groups -OCH3 is 1. The Morgan fingerprint density at radius 2 is 1.76 bits per heavy atom. The zero-order valence-corrected chi connectivity index (χ0v) is 24.2. The number of anilines is 2. The zero-order chi connectivity index (χ0) is 31.7. The van der Waals surface area contributed by atoms with Crippen molar-refractivity contribution in [2.45, 2.75) is 56.3 Å². The lowest BCUT2D eigenvalue weighted by atomic mass is 10.1. The number of rotatable bonds is 7. The molecule has 1 amide bonds. The van der Waals surface area contributed by atoms with Crippen LogP contribution in [0.15, 0.2) is 43.0 Å². The van der Waals surface area contributed by atoms with Gasteiger partial charge in [-0.3, -0.25) is 9.69 Å². The van der Waals surface area contributed by atoms with Gasteiger partial charge in [0.1, 0.15) is 23.4 Å². The summed E-state index contributed by atoms with van der Waals surface area (Å²) in [6.07, 6.45) is 2.12. The van der Waals surface area contributed by atoms with E-state index in [0.717, 1.165) is 23.9 Å². The van der Waals surface area contributed by atoms with Crippen molar-refractivity contribution in [2.75, 3.05) is 23.5 Å². The fourth-order valence-corrected chi connectivity index (χ4v) is 5.65. The van der Waals surface area contributed by atoms with Gasteiger partial charge in [-0.15, -0.1) is 0 Å². The van der Waals surface area contributed by atoms with Gasteiger partial charge in [0.2, 0.25) is 5.88 Å². The fraction of sp³-hybridized carbons (Fsp3) is 0.400. The summed E-state index contributed by atoms with van der Waals surface area (Å²) in [5.41, 5.74) is 1.33. The fourth-order valence-electron chi connectivity index (χ4n) is 5.65. The molecule has 0 atom stereocenters. The summed E-state index contributed by atoms with van der Waals surface area (Å²) in [4.78, 5) is 37.3. The molecule has 15 heteroatoms. The third-order valence-corrected chi connectivity index (χ3v) is 8.12. The van der Waals surface area contributed by atoms with Crippen LogP contribution >= 0.6 is 0 Å².